The Morgan fingerprint density at radius 3 is 2.38 bits per heavy atom. The van der Waals surface area contributed by atoms with Gasteiger partial charge in [0, 0.05) is 46.9 Å². The van der Waals surface area contributed by atoms with Crippen molar-refractivity contribution in [3.8, 4) is 5.75 Å². The van der Waals surface area contributed by atoms with E-state index in [1.807, 2.05) is 69.3 Å². The number of carbonyl (C=O) groups excluding carboxylic acids is 2. The van der Waals surface area contributed by atoms with Gasteiger partial charge in [-0.2, -0.15) is 0 Å². The number of ether oxygens (including phenoxy) is 1. The molecule has 0 spiro atoms. The Morgan fingerprint density at radius 1 is 0.896 bits per heavy atom. The Kier molecular flexibility index (Phi) is 14.4. The minimum absolute atomic E-state index is 0.187. The van der Waals surface area contributed by atoms with Crippen molar-refractivity contribution in [2.24, 2.45) is 0 Å². The molecule has 0 heterocycles. The molecule has 0 aliphatic carbocycles. The van der Waals surface area contributed by atoms with Crippen LogP contribution in [0.2, 0.25) is 0 Å². The van der Waals surface area contributed by atoms with Crippen LogP contribution in [0.4, 0.5) is 4.39 Å². The molecule has 0 fully saturated rings. The molecule has 3 N–H and O–H groups in total. The van der Waals surface area contributed by atoms with E-state index in [9.17, 15) is 19.1 Å². The summed E-state index contributed by atoms with van der Waals surface area (Å²) >= 11 is 2.27. The van der Waals surface area contributed by atoms with Crippen molar-refractivity contribution < 1.29 is 23.8 Å². The summed E-state index contributed by atoms with van der Waals surface area (Å²) in [4.78, 5) is 28.8. The number of benzene rings is 4. The van der Waals surface area contributed by atoms with E-state index in [1.165, 1.54) is 12.1 Å². The summed E-state index contributed by atoms with van der Waals surface area (Å²) < 4.78 is 22.0. The van der Waals surface area contributed by atoms with Crippen molar-refractivity contribution in [3.05, 3.63) is 134 Å². The van der Waals surface area contributed by atoms with Crippen LogP contribution in [0.1, 0.15) is 69.7 Å². The average molecular weight is 766 g/mol. The predicted molar refractivity (Wildman–Crippen MR) is 197 cm³/mol. The highest BCUT2D eigenvalue weighted by atomic mass is 127. The molecule has 0 unspecified atom stereocenters. The first-order chi connectivity index (χ1) is 23.2. The second-order valence-corrected chi connectivity index (χ2v) is 13.3. The fourth-order valence-electron chi connectivity index (χ4n) is 5.61. The zero-order valence-corrected chi connectivity index (χ0v) is 30.0. The summed E-state index contributed by atoms with van der Waals surface area (Å²) in [6.07, 6.45) is 0.628. The molecule has 9 heteroatoms. The van der Waals surface area contributed by atoms with E-state index in [0.717, 1.165) is 26.7 Å². The van der Waals surface area contributed by atoms with Crippen LogP contribution < -0.4 is 15.4 Å². The molecule has 0 radical (unpaired) electrons. The Labute approximate surface area is 297 Å². The van der Waals surface area contributed by atoms with Crippen LogP contribution in [0.3, 0.4) is 0 Å². The summed E-state index contributed by atoms with van der Waals surface area (Å²) in [6, 6.07) is 26.7. The summed E-state index contributed by atoms with van der Waals surface area (Å²) in [6.45, 7) is 7.70. The summed E-state index contributed by atoms with van der Waals surface area (Å²) in [5.74, 6) is -0.636. The van der Waals surface area contributed by atoms with Gasteiger partial charge < -0.3 is 25.4 Å². The van der Waals surface area contributed by atoms with E-state index in [4.69, 9.17) is 4.74 Å². The highest BCUT2D eigenvalue weighted by Crippen LogP contribution is 2.24. The molecule has 4 aromatic carbocycles. The monoisotopic (exact) mass is 765 g/mol. The van der Waals surface area contributed by atoms with Crippen LogP contribution in [0.5, 0.6) is 5.75 Å². The number of aryl methyl sites for hydroxylation is 1. The lowest BCUT2D eigenvalue weighted by molar-refractivity contribution is 0.0353. The molecule has 4 rings (SSSR count). The summed E-state index contributed by atoms with van der Waals surface area (Å²) in [5.41, 5.74) is 4.17. The van der Waals surface area contributed by atoms with Crippen LogP contribution >= 0.6 is 22.6 Å². The average Bonchev–Trinajstić information content (AvgIpc) is 3.07. The van der Waals surface area contributed by atoms with Crippen molar-refractivity contribution >= 4 is 34.4 Å². The zero-order valence-electron chi connectivity index (χ0n) is 27.8. The van der Waals surface area contributed by atoms with Crippen molar-refractivity contribution in [3.63, 3.8) is 0 Å². The molecule has 0 saturated carbocycles. The van der Waals surface area contributed by atoms with Gasteiger partial charge >= 0.3 is 0 Å². The lowest BCUT2D eigenvalue weighted by atomic mass is 9.97. The van der Waals surface area contributed by atoms with Gasteiger partial charge in [-0.3, -0.25) is 9.59 Å². The van der Waals surface area contributed by atoms with E-state index < -0.39 is 18.0 Å². The predicted octanol–water partition coefficient (Wildman–Crippen LogP) is 7.07. The third-order valence-electron chi connectivity index (χ3n) is 7.89. The summed E-state index contributed by atoms with van der Waals surface area (Å²) in [5, 5.41) is 18.0. The molecular formula is C39H45FIN3O4. The molecule has 48 heavy (non-hydrogen) atoms. The van der Waals surface area contributed by atoms with Gasteiger partial charge in [0.25, 0.3) is 11.8 Å². The molecule has 0 saturated heterocycles. The van der Waals surface area contributed by atoms with Gasteiger partial charge in [-0.1, -0.05) is 56.3 Å². The largest absolute Gasteiger partial charge is 0.489 e. The van der Waals surface area contributed by atoms with Gasteiger partial charge in [-0.05, 0) is 113 Å². The van der Waals surface area contributed by atoms with Crippen LogP contribution in [0.25, 0.3) is 0 Å². The third kappa shape index (κ3) is 11.1. The lowest BCUT2D eigenvalue weighted by Gasteiger charge is -2.35. The molecule has 2 atom stereocenters. The maximum atomic E-state index is 15.0. The molecule has 7 nitrogen and oxygen atoms in total. The van der Waals surface area contributed by atoms with E-state index in [1.54, 1.807) is 29.2 Å². The van der Waals surface area contributed by atoms with Crippen LogP contribution in [-0.2, 0) is 19.6 Å². The van der Waals surface area contributed by atoms with Gasteiger partial charge in [-0.25, -0.2) is 4.39 Å². The zero-order chi connectivity index (χ0) is 34.5. The number of aliphatic hydroxyl groups excluding tert-OH is 1. The Morgan fingerprint density at radius 2 is 1.65 bits per heavy atom. The minimum atomic E-state index is -0.989. The van der Waals surface area contributed by atoms with Gasteiger partial charge in [0.15, 0.2) is 0 Å². The molecule has 0 aliphatic rings. The number of aliphatic hydroxyl groups is 1. The normalized spacial score (nSPS) is 12.3. The number of nitrogens with zero attached hydrogens (tertiary/aromatic N) is 1. The first kappa shape index (κ1) is 37.0. The number of nitrogens with one attached hydrogen (secondary N) is 2. The second-order valence-electron chi connectivity index (χ2n) is 12.0. The highest BCUT2D eigenvalue weighted by molar-refractivity contribution is 14.1. The molecule has 254 valence electrons. The van der Waals surface area contributed by atoms with Crippen molar-refractivity contribution in [1.82, 2.24) is 15.5 Å². The number of hydrogen-bond donors (Lipinski definition) is 3. The van der Waals surface area contributed by atoms with Gasteiger partial charge in [0.05, 0.1) is 12.1 Å². The van der Waals surface area contributed by atoms with Gasteiger partial charge in [0.1, 0.15) is 18.2 Å². The molecular weight excluding hydrogens is 720 g/mol. The molecule has 4 aromatic rings. The quantitative estimate of drug-likeness (QED) is 0.100. The second kappa shape index (κ2) is 18.7. The maximum absolute atomic E-state index is 15.0. The Hall–Kier alpha value is -3.80. The Balaban J connectivity index is 1.63. The molecule has 0 aromatic heterocycles. The van der Waals surface area contributed by atoms with E-state index >= 15 is 0 Å². The lowest BCUT2D eigenvalue weighted by Crippen LogP contribution is -2.51. The van der Waals surface area contributed by atoms with Crippen LogP contribution in [0, 0.1) is 16.3 Å². The fraction of sp³-hybridized carbons (Fsp3) is 0.333. The van der Waals surface area contributed by atoms with E-state index in [2.05, 4.69) is 39.3 Å². The maximum Gasteiger partial charge on any atom is 0.254 e. The number of halogens is 2. The minimum Gasteiger partial charge on any atom is -0.489 e. The smallest absolute Gasteiger partial charge is 0.254 e. The number of rotatable bonds is 17. The van der Waals surface area contributed by atoms with E-state index in [0.29, 0.717) is 48.5 Å². The molecule has 0 bridgehead atoms. The first-order valence-electron chi connectivity index (χ1n) is 16.5. The number of amides is 2. The standard InChI is InChI=1S/C39H45FIN3O4/c1-4-14-43-38(46)31-16-27(3)17-32(22-31)39(47)44(15-5-2)36(37(45)25-42-24-29-12-9-13-34(41)19-29)21-30-18-33(40)23-35(20-30)48-26-28-10-7-6-8-11-28/h6-13,16-20,22-23,36-37,42,45H,4-5,14-15,21,24-26H2,1-3H3,(H,43,46)/t36-,37+/m0/s1. The van der Waals surface area contributed by atoms with Gasteiger partial charge in [0.2, 0.25) is 0 Å². The van der Waals surface area contributed by atoms with Crippen LogP contribution in [-0.4, -0.2) is 53.6 Å². The SMILES string of the molecule is CCCNC(=O)c1cc(C)cc(C(=O)N(CCC)[C@@H](Cc2cc(F)cc(OCc3ccccc3)c2)[C@H](O)CNCc2cccc(I)c2)c1. The Bertz CT molecular complexity index is 1650. The first-order valence-corrected chi connectivity index (χ1v) is 17.5. The molecule has 0 aliphatic heterocycles. The van der Waals surface area contributed by atoms with Gasteiger partial charge in [-0.15, -0.1) is 0 Å². The van der Waals surface area contributed by atoms with Crippen molar-refractivity contribution in [1.29, 1.82) is 0 Å². The third-order valence-corrected chi connectivity index (χ3v) is 8.56. The summed E-state index contributed by atoms with van der Waals surface area (Å²) in [7, 11) is 0. The van der Waals surface area contributed by atoms with Crippen molar-refractivity contribution in [2.75, 3.05) is 19.6 Å². The number of hydrogen-bond acceptors (Lipinski definition) is 5. The van der Waals surface area contributed by atoms with Crippen LogP contribution in [0.15, 0.2) is 91.0 Å². The topological polar surface area (TPSA) is 90.9 Å². The fourth-order valence-corrected chi connectivity index (χ4v) is 6.22. The van der Waals surface area contributed by atoms with Crippen molar-refractivity contribution in [2.45, 2.75) is 65.3 Å². The number of carbonyl (C=O) groups is 2. The van der Waals surface area contributed by atoms with E-state index in [-0.39, 0.29) is 31.4 Å². The molecule has 2 amide bonds. The highest BCUT2D eigenvalue weighted by Gasteiger charge is 2.31.